The highest BCUT2D eigenvalue weighted by molar-refractivity contribution is 6.02. The van der Waals surface area contributed by atoms with Gasteiger partial charge in [-0.1, -0.05) is 12.1 Å². The number of aromatic nitrogens is 1. The lowest BCUT2D eigenvalue weighted by molar-refractivity contribution is -0.137. The van der Waals surface area contributed by atoms with Gasteiger partial charge in [-0.15, -0.1) is 0 Å². The summed E-state index contributed by atoms with van der Waals surface area (Å²) in [5.74, 6) is -2.81. The van der Waals surface area contributed by atoms with Gasteiger partial charge in [-0.2, -0.15) is 18.4 Å². The van der Waals surface area contributed by atoms with Gasteiger partial charge in [0.2, 0.25) is 5.91 Å². The van der Waals surface area contributed by atoms with E-state index >= 15 is 0 Å². The van der Waals surface area contributed by atoms with Crippen molar-refractivity contribution in [2.75, 3.05) is 11.4 Å². The van der Waals surface area contributed by atoms with Crippen LogP contribution in [-0.2, 0) is 15.8 Å². The Bertz CT molecular complexity index is 906. The largest absolute Gasteiger partial charge is 0.416 e. The number of alkyl halides is 3. The number of pyridine rings is 1. The number of halogens is 3. The van der Waals surface area contributed by atoms with Crippen LogP contribution in [0.3, 0.4) is 0 Å². The number of hydrogen-bond acceptors (Lipinski definition) is 4. The predicted octanol–water partition coefficient (Wildman–Crippen LogP) is 3.33. The van der Waals surface area contributed by atoms with Gasteiger partial charge in [0.05, 0.1) is 17.3 Å². The molecular formula is C19H14F3N3O2. The Kier molecular flexibility index (Phi) is 4.95. The summed E-state index contributed by atoms with van der Waals surface area (Å²) in [6.45, 7) is -0.0655. The van der Waals surface area contributed by atoms with Crippen molar-refractivity contribution in [1.29, 1.82) is 5.26 Å². The standard InChI is InChI=1S/C19H14F3N3O2/c20-19(21,22)13-4-3-5-14(9-13)25-11-12(8-17(25)26)18(27)15(10-23)16-6-1-2-7-24-16/h1-7,9,12,15H,8,11H2/t12-,15-/m0/s1. The summed E-state index contributed by atoms with van der Waals surface area (Å²) in [6, 6.07) is 11.1. The second-order valence-electron chi connectivity index (χ2n) is 6.17. The third-order valence-corrected chi connectivity index (χ3v) is 4.41. The van der Waals surface area contributed by atoms with Crippen molar-refractivity contribution in [1.82, 2.24) is 4.98 Å². The molecule has 0 aliphatic carbocycles. The second kappa shape index (κ2) is 7.19. The van der Waals surface area contributed by atoms with E-state index < -0.39 is 35.3 Å². The second-order valence-corrected chi connectivity index (χ2v) is 6.17. The van der Waals surface area contributed by atoms with Crippen LogP contribution in [0.25, 0.3) is 0 Å². The van der Waals surface area contributed by atoms with Crippen molar-refractivity contribution in [3.63, 3.8) is 0 Å². The molecule has 138 valence electrons. The first-order valence-electron chi connectivity index (χ1n) is 8.13. The molecule has 1 amide bonds. The number of amides is 1. The molecule has 0 N–H and O–H groups in total. The maximum absolute atomic E-state index is 12.9. The van der Waals surface area contributed by atoms with Crippen molar-refractivity contribution in [2.45, 2.75) is 18.5 Å². The number of nitrogens with zero attached hydrogens (tertiary/aromatic N) is 3. The van der Waals surface area contributed by atoms with E-state index in [1.165, 1.54) is 18.3 Å². The molecule has 2 heterocycles. The summed E-state index contributed by atoms with van der Waals surface area (Å²) in [5, 5.41) is 9.35. The SMILES string of the molecule is N#C[C@H](C(=O)[C@H]1CC(=O)N(c2cccc(C(F)(F)F)c2)C1)c1ccccn1. The molecule has 1 aromatic carbocycles. The molecule has 3 rings (SSSR count). The third kappa shape index (κ3) is 3.82. The minimum atomic E-state index is -4.53. The molecule has 0 radical (unpaired) electrons. The minimum Gasteiger partial charge on any atom is -0.312 e. The first kappa shape index (κ1) is 18.6. The Hall–Kier alpha value is -3.21. The summed E-state index contributed by atoms with van der Waals surface area (Å²) in [4.78, 5) is 30.2. The van der Waals surface area contributed by atoms with E-state index in [0.29, 0.717) is 0 Å². The topological polar surface area (TPSA) is 74.1 Å². The Morgan fingerprint density at radius 1 is 1.26 bits per heavy atom. The number of carbonyl (C=O) groups is 2. The van der Waals surface area contributed by atoms with Crippen LogP contribution < -0.4 is 4.90 Å². The lowest BCUT2D eigenvalue weighted by Gasteiger charge is -2.18. The molecule has 1 fully saturated rings. The number of rotatable bonds is 4. The van der Waals surface area contributed by atoms with Gasteiger partial charge in [0.25, 0.3) is 0 Å². The van der Waals surface area contributed by atoms with E-state index in [-0.39, 0.29) is 24.3 Å². The molecule has 8 heteroatoms. The highest BCUT2D eigenvalue weighted by Gasteiger charge is 2.39. The number of nitriles is 1. The van der Waals surface area contributed by atoms with E-state index in [2.05, 4.69) is 4.98 Å². The minimum absolute atomic E-state index is 0.0655. The molecule has 1 saturated heterocycles. The Balaban J connectivity index is 1.81. The molecule has 1 aliphatic heterocycles. The van der Waals surface area contributed by atoms with Gasteiger partial charge in [0, 0.05) is 30.8 Å². The third-order valence-electron chi connectivity index (χ3n) is 4.41. The quantitative estimate of drug-likeness (QED) is 0.824. The van der Waals surface area contributed by atoms with Crippen molar-refractivity contribution in [2.24, 2.45) is 5.92 Å². The highest BCUT2D eigenvalue weighted by atomic mass is 19.4. The van der Waals surface area contributed by atoms with Gasteiger partial charge in [0.1, 0.15) is 5.92 Å². The van der Waals surface area contributed by atoms with Gasteiger partial charge in [-0.3, -0.25) is 14.6 Å². The van der Waals surface area contributed by atoms with Crippen LogP contribution in [0.5, 0.6) is 0 Å². The predicted molar refractivity (Wildman–Crippen MR) is 89.5 cm³/mol. The Morgan fingerprint density at radius 2 is 2.04 bits per heavy atom. The van der Waals surface area contributed by atoms with Gasteiger partial charge >= 0.3 is 6.18 Å². The van der Waals surface area contributed by atoms with Crippen molar-refractivity contribution in [3.05, 3.63) is 59.9 Å². The first-order chi connectivity index (χ1) is 12.8. The fourth-order valence-corrected chi connectivity index (χ4v) is 3.06. The van der Waals surface area contributed by atoms with Gasteiger partial charge in [0.15, 0.2) is 5.78 Å². The average Bonchev–Trinajstić information content (AvgIpc) is 3.04. The highest BCUT2D eigenvalue weighted by Crippen LogP contribution is 2.34. The van der Waals surface area contributed by atoms with Gasteiger partial charge < -0.3 is 4.90 Å². The van der Waals surface area contributed by atoms with Crippen molar-refractivity contribution < 1.29 is 22.8 Å². The first-order valence-corrected chi connectivity index (χ1v) is 8.13. The summed E-state index contributed by atoms with van der Waals surface area (Å²) in [5.41, 5.74) is -0.502. The van der Waals surface area contributed by atoms with E-state index in [1.54, 1.807) is 18.2 Å². The average molecular weight is 373 g/mol. The molecule has 0 spiro atoms. The van der Waals surface area contributed by atoms with Crippen LogP contribution in [-0.4, -0.2) is 23.2 Å². The zero-order valence-electron chi connectivity index (χ0n) is 14.0. The normalized spacial score (nSPS) is 18.2. The summed E-state index contributed by atoms with van der Waals surface area (Å²) in [6.07, 6.45) is -3.22. The lowest BCUT2D eigenvalue weighted by atomic mass is 9.90. The van der Waals surface area contributed by atoms with Gasteiger partial charge in [-0.25, -0.2) is 0 Å². The molecule has 2 aromatic rings. The molecule has 0 saturated carbocycles. The van der Waals surface area contributed by atoms with E-state index in [1.807, 2.05) is 6.07 Å². The molecule has 5 nitrogen and oxygen atoms in total. The Morgan fingerprint density at radius 3 is 2.67 bits per heavy atom. The number of Topliss-reactive ketones (excluding diaryl/α,β-unsaturated/α-hetero) is 1. The maximum Gasteiger partial charge on any atom is 0.416 e. The monoisotopic (exact) mass is 373 g/mol. The summed E-state index contributed by atoms with van der Waals surface area (Å²) in [7, 11) is 0. The zero-order chi connectivity index (χ0) is 19.6. The molecule has 0 unspecified atom stereocenters. The van der Waals surface area contributed by atoms with E-state index in [0.717, 1.165) is 17.0 Å². The number of benzene rings is 1. The number of anilines is 1. The van der Waals surface area contributed by atoms with Crippen LogP contribution in [0, 0.1) is 17.2 Å². The molecule has 2 atom stereocenters. The van der Waals surface area contributed by atoms with Crippen LogP contribution in [0.2, 0.25) is 0 Å². The zero-order valence-corrected chi connectivity index (χ0v) is 14.0. The molecular weight excluding hydrogens is 359 g/mol. The van der Waals surface area contributed by atoms with Crippen LogP contribution in [0.1, 0.15) is 23.6 Å². The summed E-state index contributed by atoms with van der Waals surface area (Å²) >= 11 is 0. The Labute approximate surface area is 153 Å². The van der Waals surface area contributed by atoms with Crippen molar-refractivity contribution >= 4 is 17.4 Å². The van der Waals surface area contributed by atoms with Gasteiger partial charge in [-0.05, 0) is 30.3 Å². The summed E-state index contributed by atoms with van der Waals surface area (Å²) < 4.78 is 38.7. The number of carbonyl (C=O) groups excluding carboxylic acids is 2. The fourth-order valence-electron chi connectivity index (χ4n) is 3.06. The maximum atomic E-state index is 12.9. The van der Waals surface area contributed by atoms with Crippen LogP contribution in [0.15, 0.2) is 48.7 Å². The number of hydrogen-bond donors (Lipinski definition) is 0. The van der Waals surface area contributed by atoms with Crippen LogP contribution >= 0.6 is 0 Å². The van der Waals surface area contributed by atoms with Crippen molar-refractivity contribution in [3.8, 4) is 6.07 Å². The lowest BCUT2D eigenvalue weighted by Crippen LogP contribution is -2.28. The molecule has 0 bridgehead atoms. The number of ketones is 1. The molecule has 1 aromatic heterocycles. The smallest absolute Gasteiger partial charge is 0.312 e. The van der Waals surface area contributed by atoms with E-state index in [4.69, 9.17) is 0 Å². The fraction of sp³-hybridized carbons (Fsp3) is 0.263. The molecule has 27 heavy (non-hydrogen) atoms. The van der Waals surface area contributed by atoms with E-state index in [9.17, 15) is 28.0 Å². The molecule has 1 aliphatic rings. The van der Waals surface area contributed by atoms with Crippen LogP contribution in [0.4, 0.5) is 18.9 Å².